The molecule has 4 aliphatic rings. The number of ether oxygens (including phenoxy) is 1. The number of aromatic nitrogens is 3. The molecule has 2 aromatic heterocycles. The van der Waals surface area contributed by atoms with Crippen LogP contribution in [0.4, 0.5) is 20.3 Å². The average Bonchev–Trinajstić information content (AvgIpc) is 3.75. The predicted molar refractivity (Wildman–Crippen MR) is 153 cm³/mol. The van der Waals surface area contributed by atoms with E-state index in [0.29, 0.717) is 40.9 Å². The number of alkyl halides is 2. The molecule has 0 bridgehead atoms. The monoisotopic (exact) mass is 575 g/mol. The number of nitrogens with zero attached hydrogens (tertiary/aromatic N) is 6. The summed E-state index contributed by atoms with van der Waals surface area (Å²) < 4.78 is 41.0. The first-order valence-corrected chi connectivity index (χ1v) is 14.9. The van der Waals surface area contributed by atoms with Gasteiger partial charge in [0.2, 0.25) is 5.88 Å². The molecule has 3 unspecified atom stereocenters. The fourth-order valence-electron chi connectivity index (χ4n) is 7.73. The Morgan fingerprint density at radius 3 is 2.76 bits per heavy atom. The predicted octanol–water partition coefficient (Wildman–Crippen LogP) is 4.86. The number of halogens is 2. The lowest BCUT2D eigenvalue weighted by Crippen LogP contribution is -2.38. The number of nitriles is 1. The van der Waals surface area contributed by atoms with Crippen LogP contribution in [0.5, 0.6) is 5.88 Å². The molecule has 2 aliphatic heterocycles. The molecule has 220 valence electrons. The van der Waals surface area contributed by atoms with Gasteiger partial charge in [0.05, 0.1) is 17.5 Å². The van der Waals surface area contributed by atoms with Crippen LogP contribution in [0.3, 0.4) is 0 Å². The zero-order valence-electron chi connectivity index (χ0n) is 24.0. The molecule has 0 amide bonds. The number of nitrogens with two attached hydrogens (primary N) is 1. The zero-order valence-corrected chi connectivity index (χ0v) is 24.0. The maximum absolute atomic E-state index is 14.2. The van der Waals surface area contributed by atoms with Crippen LogP contribution < -0.4 is 15.4 Å². The SMILES string of the molecule is CC(Oc1cc(N2CCC(F)(F)C2)nc(-c2noc3c2CCCC32CCc3ccc(N)c(C#N)c32)n1)C1CCCN1C. The Morgan fingerprint density at radius 2 is 2.02 bits per heavy atom. The van der Waals surface area contributed by atoms with Crippen molar-refractivity contribution >= 4 is 11.5 Å². The summed E-state index contributed by atoms with van der Waals surface area (Å²) in [4.78, 5) is 13.4. The van der Waals surface area contributed by atoms with Crippen molar-refractivity contribution in [1.82, 2.24) is 20.0 Å². The topological polar surface area (TPSA) is 117 Å². The molecule has 2 saturated heterocycles. The summed E-state index contributed by atoms with van der Waals surface area (Å²) >= 11 is 0. The first-order chi connectivity index (χ1) is 20.2. The van der Waals surface area contributed by atoms with E-state index < -0.39 is 17.9 Å². The molecular weight excluding hydrogens is 540 g/mol. The maximum Gasteiger partial charge on any atom is 0.266 e. The minimum absolute atomic E-state index is 0.146. The summed E-state index contributed by atoms with van der Waals surface area (Å²) in [6.07, 6.45) is 5.78. The van der Waals surface area contributed by atoms with Crippen LogP contribution in [0.25, 0.3) is 11.5 Å². The Bertz CT molecular complexity index is 1580. The van der Waals surface area contributed by atoms with E-state index in [1.54, 1.807) is 17.0 Å². The molecule has 3 atom stereocenters. The largest absolute Gasteiger partial charge is 0.473 e. The summed E-state index contributed by atoms with van der Waals surface area (Å²) in [5, 5.41) is 14.5. The van der Waals surface area contributed by atoms with Crippen molar-refractivity contribution in [3.05, 3.63) is 46.2 Å². The Hall–Kier alpha value is -3.78. The molecule has 2 N–H and O–H groups in total. The minimum atomic E-state index is -2.78. The second kappa shape index (κ2) is 9.90. The molecule has 2 aliphatic carbocycles. The van der Waals surface area contributed by atoms with E-state index in [1.165, 1.54) is 0 Å². The van der Waals surface area contributed by atoms with Crippen molar-refractivity contribution in [3.8, 4) is 23.5 Å². The summed E-state index contributed by atoms with van der Waals surface area (Å²) in [5.41, 5.74) is 10.2. The fourth-order valence-corrected chi connectivity index (χ4v) is 7.73. The first kappa shape index (κ1) is 27.1. The standard InChI is InChI=1S/C31H35F2N7O2/c1-18(23-6-4-13-39(23)2)41-25-15-24(40-14-12-31(32,33)17-40)36-29(37-25)27-20-5-3-10-30(28(20)42-38-27)11-9-19-7-8-22(35)21(16-34)26(19)30/h7-8,15,18,23H,3-6,9-14,17,35H2,1-2H3. The number of hydrogen-bond acceptors (Lipinski definition) is 9. The van der Waals surface area contributed by atoms with E-state index in [1.807, 2.05) is 13.0 Å². The van der Waals surface area contributed by atoms with E-state index in [9.17, 15) is 14.0 Å². The van der Waals surface area contributed by atoms with Gasteiger partial charge in [-0.3, -0.25) is 4.90 Å². The molecule has 1 aromatic carbocycles. The third-order valence-electron chi connectivity index (χ3n) is 9.81. The van der Waals surface area contributed by atoms with E-state index in [-0.39, 0.29) is 25.1 Å². The van der Waals surface area contributed by atoms with Gasteiger partial charge in [0.1, 0.15) is 18.0 Å². The van der Waals surface area contributed by atoms with Gasteiger partial charge in [-0.1, -0.05) is 11.2 Å². The van der Waals surface area contributed by atoms with Crippen molar-refractivity contribution in [2.24, 2.45) is 0 Å². The van der Waals surface area contributed by atoms with E-state index in [2.05, 4.69) is 23.2 Å². The van der Waals surface area contributed by atoms with E-state index >= 15 is 0 Å². The number of likely N-dealkylation sites (tertiary alicyclic amines) is 1. The number of aryl methyl sites for hydroxylation is 1. The smallest absolute Gasteiger partial charge is 0.266 e. The summed E-state index contributed by atoms with van der Waals surface area (Å²) in [6.45, 7) is 2.82. The molecule has 0 radical (unpaired) electrons. The quantitative estimate of drug-likeness (QED) is 0.426. The minimum Gasteiger partial charge on any atom is -0.473 e. The zero-order chi connectivity index (χ0) is 29.2. The van der Waals surface area contributed by atoms with Gasteiger partial charge in [-0.25, -0.2) is 13.8 Å². The van der Waals surface area contributed by atoms with Gasteiger partial charge in [-0.05, 0) is 82.7 Å². The van der Waals surface area contributed by atoms with Crippen LogP contribution in [0.15, 0.2) is 22.7 Å². The van der Waals surface area contributed by atoms with E-state index in [4.69, 9.17) is 25.0 Å². The summed E-state index contributed by atoms with van der Waals surface area (Å²) in [7, 11) is 2.09. The molecular formula is C31H35F2N7O2. The van der Waals surface area contributed by atoms with Crippen molar-refractivity contribution in [1.29, 1.82) is 5.26 Å². The van der Waals surface area contributed by atoms with Gasteiger partial charge >= 0.3 is 0 Å². The molecule has 1 spiro atoms. The molecule has 9 nitrogen and oxygen atoms in total. The highest BCUT2D eigenvalue weighted by molar-refractivity contribution is 5.68. The van der Waals surface area contributed by atoms with Gasteiger partial charge in [0.25, 0.3) is 5.92 Å². The van der Waals surface area contributed by atoms with Crippen LogP contribution >= 0.6 is 0 Å². The van der Waals surface area contributed by atoms with Crippen LogP contribution in [-0.4, -0.2) is 64.8 Å². The normalized spacial score (nSPS) is 25.4. The highest BCUT2D eigenvalue weighted by atomic mass is 19.3. The number of anilines is 2. The Balaban J connectivity index is 1.31. The number of rotatable bonds is 5. The molecule has 7 rings (SSSR count). The lowest BCUT2D eigenvalue weighted by atomic mass is 9.68. The van der Waals surface area contributed by atoms with Crippen molar-refractivity contribution in [2.75, 3.05) is 37.3 Å². The van der Waals surface area contributed by atoms with Crippen molar-refractivity contribution < 1.29 is 18.0 Å². The second-order valence-electron chi connectivity index (χ2n) is 12.4. The number of nitrogen functional groups attached to an aromatic ring is 1. The van der Waals surface area contributed by atoms with E-state index in [0.717, 1.165) is 67.5 Å². The molecule has 11 heteroatoms. The lowest BCUT2D eigenvalue weighted by molar-refractivity contribution is 0.0256. The lowest BCUT2D eigenvalue weighted by Gasteiger charge is -2.33. The molecule has 0 saturated carbocycles. The summed E-state index contributed by atoms with van der Waals surface area (Å²) in [6, 6.07) is 8.06. The number of hydrogen-bond donors (Lipinski definition) is 1. The van der Waals surface area contributed by atoms with Gasteiger partial charge in [-0.2, -0.15) is 10.2 Å². The highest BCUT2D eigenvalue weighted by Gasteiger charge is 2.49. The van der Waals surface area contributed by atoms with Crippen molar-refractivity contribution in [2.45, 2.75) is 81.8 Å². The van der Waals surface area contributed by atoms with Crippen LogP contribution in [0, 0.1) is 11.3 Å². The number of likely N-dealkylation sites (N-methyl/N-ethyl adjacent to an activating group) is 1. The first-order valence-electron chi connectivity index (χ1n) is 14.9. The molecule has 42 heavy (non-hydrogen) atoms. The Labute approximate surface area is 243 Å². The van der Waals surface area contributed by atoms with Gasteiger partial charge in [0.15, 0.2) is 17.3 Å². The van der Waals surface area contributed by atoms with Crippen LogP contribution in [0.2, 0.25) is 0 Å². The fraction of sp³-hybridized carbons (Fsp3) is 0.548. The van der Waals surface area contributed by atoms with Crippen molar-refractivity contribution in [3.63, 3.8) is 0 Å². The number of benzene rings is 1. The molecule has 3 aromatic rings. The molecule has 4 heterocycles. The summed E-state index contributed by atoms with van der Waals surface area (Å²) in [5.74, 6) is -1.01. The second-order valence-corrected chi connectivity index (χ2v) is 12.4. The van der Waals surface area contributed by atoms with Gasteiger partial charge in [0, 0.05) is 36.3 Å². The average molecular weight is 576 g/mol. The third kappa shape index (κ3) is 4.30. The van der Waals surface area contributed by atoms with Crippen LogP contribution in [0.1, 0.15) is 73.5 Å². The maximum atomic E-state index is 14.2. The highest BCUT2D eigenvalue weighted by Crippen LogP contribution is 2.54. The van der Waals surface area contributed by atoms with Gasteiger partial charge < -0.3 is 19.9 Å². The third-order valence-corrected chi connectivity index (χ3v) is 9.81. The van der Waals surface area contributed by atoms with Crippen LogP contribution in [-0.2, 0) is 18.3 Å². The number of fused-ring (bicyclic) bond motifs is 4. The molecule has 2 fully saturated rings. The Kier molecular flexibility index (Phi) is 6.38. The Morgan fingerprint density at radius 1 is 1.17 bits per heavy atom. The van der Waals surface area contributed by atoms with Gasteiger partial charge in [-0.15, -0.1) is 0 Å².